The SMILES string of the molecule is Cc1n[nH]c(C)c1CNCCN1CCCCCC1=O.Cl. The van der Waals surface area contributed by atoms with Gasteiger partial charge in [-0.15, -0.1) is 12.4 Å². The maximum absolute atomic E-state index is 11.8. The van der Waals surface area contributed by atoms with Crippen LogP contribution in [0.3, 0.4) is 0 Å². The summed E-state index contributed by atoms with van der Waals surface area (Å²) in [5.41, 5.74) is 3.41. The smallest absolute Gasteiger partial charge is 0.222 e. The summed E-state index contributed by atoms with van der Waals surface area (Å²) in [4.78, 5) is 13.8. The fourth-order valence-corrected chi connectivity index (χ4v) is 2.54. The number of rotatable bonds is 5. The molecule has 0 aromatic carbocycles. The van der Waals surface area contributed by atoms with E-state index in [1.54, 1.807) is 0 Å². The highest BCUT2D eigenvalue weighted by Gasteiger charge is 2.15. The number of aromatic amines is 1. The van der Waals surface area contributed by atoms with Crippen LogP contribution in [0, 0.1) is 13.8 Å². The van der Waals surface area contributed by atoms with Gasteiger partial charge < -0.3 is 10.2 Å². The van der Waals surface area contributed by atoms with E-state index < -0.39 is 0 Å². The molecule has 1 aromatic heterocycles. The molecule has 6 heteroatoms. The van der Waals surface area contributed by atoms with Gasteiger partial charge in [0.1, 0.15) is 0 Å². The van der Waals surface area contributed by atoms with Crippen molar-refractivity contribution >= 4 is 18.3 Å². The molecule has 2 heterocycles. The van der Waals surface area contributed by atoms with Crippen molar-refractivity contribution in [1.82, 2.24) is 20.4 Å². The maximum atomic E-state index is 11.8. The average molecular weight is 301 g/mol. The molecule has 20 heavy (non-hydrogen) atoms. The number of nitrogens with zero attached hydrogens (tertiary/aromatic N) is 2. The number of carbonyl (C=O) groups is 1. The summed E-state index contributed by atoms with van der Waals surface area (Å²) in [5.74, 6) is 0.315. The predicted molar refractivity (Wildman–Crippen MR) is 82.1 cm³/mol. The van der Waals surface area contributed by atoms with Gasteiger partial charge in [0.25, 0.3) is 0 Å². The molecule has 0 unspecified atom stereocenters. The number of H-pyrrole nitrogens is 1. The van der Waals surface area contributed by atoms with Crippen LogP contribution >= 0.6 is 12.4 Å². The van der Waals surface area contributed by atoms with Crippen LogP contribution in [0.15, 0.2) is 0 Å². The number of carbonyl (C=O) groups excluding carboxylic acids is 1. The third-order valence-corrected chi connectivity index (χ3v) is 3.81. The van der Waals surface area contributed by atoms with Gasteiger partial charge in [0.2, 0.25) is 5.91 Å². The summed E-state index contributed by atoms with van der Waals surface area (Å²) >= 11 is 0. The summed E-state index contributed by atoms with van der Waals surface area (Å²) in [6, 6.07) is 0. The lowest BCUT2D eigenvalue weighted by Crippen LogP contribution is -2.36. The van der Waals surface area contributed by atoms with Crippen molar-refractivity contribution in [2.45, 2.75) is 46.1 Å². The first-order valence-electron chi connectivity index (χ1n) is 7.17. The number of amides is 1. The Bertz CT molecular complexity index is 413. The second-order valence-corrected chi connectivity index (χ2v) is 5.28. The Morgan fingerprint density at radius 1 is 1.30 bits per heavy atom. The lowest BCUT2D eigenvalue weighted by atomic mass is 10.2. The van der Waals surface area contributed by atoms with Gasteiger partial charge in [-0.05, 0) is 26.7 Å². The van der Waals surface area contributed by atoms with Gasteiger partial charge in [-0.3, -0.25) is 9.89 Å². The molecule has 1 saturated heterocycles. The van der Waals surface area contributed by atoms with Gasteiger partial charge in [-0.2, -0.15) is 5.10 Å². The van der Waals surface area contributed by atoms with Crippen LogP contribution in [-0.2, 0) is 11.3 Å². The van der Waals surface area contributed by atoms with Crippen molar-refractivity contribution < 1.29 is 4.79 Å². The van der Waals surface area contributed by atoms with E-state index in [-0.39, 0.29) is 12.4 Å². The zero-order chi connectivity index (χ0) is 13.7. The van der Waals surface area contributed by atoms with Crippen LogP contribution in [0.4, 0.5) is 0 Å². The molecule has 0 radical (unpaired) electrons. The molecule has 2 rings (SSSR count). The number of halogens is 1. The molecular weight excluding hydrogens is 276 g/mol. The third kappa shape index (κ3) is 4.49. The van der Waals surface area contributed by atoms with E-state index in [4.69, 9.17) is 0 Å². The lowest BCUT2D eigenvalue weighted by molar-refractivity contribution is -0.130. The predicted octanol–water partition coefficient (Wildman–Crippen LogP) is 1.94. The summed E-state index contributed by atoms with van der Waals surface area (Å²) in [7, 11) is 0. The van der Waals surface area contributed by atoms with Crippen molar-refractivity contribution in [3.05, 3.63) is 17.0 Å². The second kappa shape index (κ2) is 8.27. The minimum absolute atomic E-state index is 0. The van der Waals surface area contributed by atoms with Gasteiger partial charge in [-0.1, -0.05) is 6.42 Å². The first kappa shape index (κ1) is 17.0. The summed E-state index contributed by atoms with van der Waals surface area (Å²) < 4.78 is 0. The fourth-order valence-electron chi connectivity index (χ4n) is 2.54. The highest BCUT2D eigenvalue weighted by atomic mass is 35.5. The van der Waals surface area contributed by atoms with Crippen LogP contribution in [0.1, 0.15) is 42.6 Å². The van der Waals surface area contributed by atoms with Crippen molar-refractivity contribution in [2.75, 3.05) is 19.6 Å². The van der Waals surface area contributed by atoms with Crippen LogP contribution in [0.2, 0.25) is 0 Å². The quantitative estimate of drug-likeness (QED) is 0.817. The first-order valence-corrected chi connectivity index (χ1v) is 7.17. The van der Waals surface area contributed by atoms with E-state index in [9.17, 15) is 4.79 Å². The zero-order valence-corrected chi connectivity index (χ0v) is 13.2. The Balaban J connectivity index is 0.00000200. The van der Waals surface area contributed by atoms with Gasteiger partial charge in [0.05, 0.1) is 5.69 Å². The van der Waals surface area contributed by atoms with E-state index in [0.29, 0.717) is 5.91 Å². The molecule has 1 fully saturated rings. The molecule has 0 saturated carbocycles. The topological polar surface area (TPSA) is 61.0 Å². The molecule has 1 aliphatic heterocycles. The minimum atomic E-state index is 0. The van der Waals surface area contributed by atoms with Crippen LogP contribution < -0.4 is 5.32 Å². The summed E-state index contributed by atoms with van der Waals surface area (Å²) in [6.07, 6.45) is 4.10. The Labute approximate surface area is 126 Å². The Morgan fingerprint density at radius 3 is 2.80 bits per heavy atom. The number of hydrogen-bond donors (Lipinski definition) is 2. The number of nitrogens with one attached hydrogen (secondary N) is 2. The Morgan fingerprint density at radius 2 is 2.10 bits per heavy atom. The molecule has 1 aliphatic rings. The van der Waals surface area contributed by atoms with E-state index in [1.807, 2.05) is 18.7 Å². The molecule has 5 nitrogen and oxygen atoms in total. The maximum Gasteiger partial charge on any atom is 0.222 e. The number of likely N-dealkylation sites (tertiary alicyclic amines) is 1. The normalized spacial score (nSPS) is 15.9. The van der Waals surface area contributed by atoms with Crippen LogP contribution in [-0.4, -0.2) is 40.6 Å². The van der Waals surface area contributed by atoms with E-state index >= 15 is 0 Å². The lowest BCUT2D eigenvalue weighted by Gasteiger charge is -2.20. The highest BCUT2D eigenvalue weighted by molar-refractivity contribution is 5.85. The van der Waals surface area contributed by atoms with Crippen molar-refractivity contribution in [3.8, 4) is 0 Å². The van der Waals surface area contributed by atoms with Crippen LogP contribution in [0.25, 0.3) is 0 Å². The fraction of sp³-hybridized carbons (Fsp3) is 0.714. The minimum Gasteiger partial charge on any atom is -0.341 e. The van der Waals surface area contributed by atoms with Gasteiger partial charge in [-0.25, -0.2) is 0 Å². The molecule has 0 atom stereocenters. The monoisotopic (exact) mass is 300 g/mol. The van der Waals surface area contributed by atoms with E-state index in [0.717, 1.165) is 56.8 Å². The standard InChI is InChI=1S/C14H24N4O.ClH/c1-11-13(12(2)17-16-11)10-15-7-9-18-8-5-3-4-6-14(18)19;/h15H,3-10H2,1-2H3,(H,16,17);1H. The van der Waals surface area contributed by atoms with Crippen LogP contribution in [0.5, 0.6) is 0 Å². The Hall–Kier alpha value is -1.07. The number of aryl methyl sites for hydroxylation is 2. The summed E-state index contributed by atoms with van der Waals surface area (Å²) in [6.45, 7) is 7.44. The average Bonchev–Trinajstić information content (AvgIpc) is 2.60. The van der Waals surface area contributed by atoms with Gasteiger partial charge in [0, 0.05) is 43.9 Å². The largest absolute Gasteiger partial charge is 0.341 e. The molecular formula is C14H25ClN4O. The zero-order valence-electron chi connectivity index (χ0n) is 12.4. The van der Waals surface area contributed by atoms with Gasteiger partial charge >= 0.3 is 0 Å². The van der Waals surface area contributed by atoms with Crippen molar-refractivity contribution in [1.29, 1.82) is 0 Å². The summed E-state index contributed by atoms with van der Waals surface area (Å²) in [5, 5.41) is 10.6. The third-order valence-electron chi connectivity index (χ3n) is 3.81. The van der Waals surface area contributed by atoms with E-state index in [1.165, 1.54) is 12.0 Å². The molecule has 114 valence electrons. The molecule has 0 aliphatic carbocycles. The van der Waals surface area contributed by atoms with Crippen molar-refractivity contribution in [3.63, 3.8) is 0 Å². The molecule has 0 bridgehead atoms. The number of aromatic nitrogens is 2. The molecule has 1 aromatic rings. The molecule has 2 N–H and O–H groups in total. The highest BCUT2D eigenvalue weighted by Crippen LogP contribution is 2.11. The van der Waals surface area contributed by atoms with Gasteiger partial charge in [0.15, 0.2) is 0 Å². The molecule has 0 spiro atoms. The van der Waals surface area contributed by atoms with Crippen molar-refractivity contribution in [2.24, 2.45) is 0 Å². The second-order valence-electron chi connectivity index (χ2n) is 5.28. The van der Waals surface area contributed by atoms with E-state index in [2.05, 4.69) is 15.5 Å². The molecule has 1 amide bonds. The Kier molecular flexibility index (Phi) is 7.02. The number of hydrogen-bond acceptors (Lipinski definition) is 3. The first-order chi connectivity index (χ1) is 9.18.